The second-order valence-electron chi connectivity index (χ2n) is 7.03. The van der Waals surface area contributed by atoms with Gasteiger partial charge in [-0.15, -0.1) is 0 Å². The van der Waals surface area contributed by atoms with Crippen molar-refractivity contribution in [3.63, 3.8) is 0 Å². The molecule has 152 valence electrons. The van der Waals surface area contributed by atoms with Gasteiger partial charge in [-0.3, -0.25) is 14.2 Å². The highest BCUT2D eigenvalue weighted by Gasteiger charge is 2.11. The van der Waals surface area contributed by atoms with Crippen LogP contribution in [0.15, 0.2) is 65.8 Å². The van der Waals surface area contributed by atoms with Crippen LogP contribution in [-0.2, 0) is 13.1 Å². The van der Waals surface area contributed by atoms with Crippen molar-refractivity contribution >= 4 is 16.9 Å². The molecule has 4 rings (SSSR count). The molecule has 0 unspecified atom stereocenters. The van der Waals surface area contributed by atoms with Crippen molar-refractivity contribution < 1.29 is 9.18 Å². The fourth-order valence-corrected chi connectivity index (χ4v) is 3.14. The van der Waals surface area contributed by atoms with Gasteiger partial charge in [-0.1, -0.05) is 29.8 Å². The molecule has 0 bridgehead atoms. The summed E-state index contributed by atoms with van der Waals surface area (Å²) in [7, 11) is 0. The average molecular weight is 405 g/mol. The van der Waals surface area contributed by atoms with Gasteiger partial charge in [0, 0.05) is 12.1 Å². The van der Waals surface area contributed by atoms with E-state index in [4.69, 9.17) is 0 Å². The summed E-state index contributed by atoms with van der Waals surface area (Å²) >= 11 is 0. The largest absolute Gasteiger partial charge is 0.350 e. The topological polar surface area (TPSA) is 81.8 Å². The highest BCUT2D eigenvalue weighted by Crippen LogP contribution is 2.08. The van der Waals surface area contributed by atoms with Gasteiger partial charge in [0.2, 0.25) is 0 Å². The fourth-order valence-electron chi connectivity index (χ4n) is 3.14. The van der Waals surface area contributed by atoms with Gasteiger partial charge in [0.25, 0.3) is 11.5 Å². The van der Waals surface area contributed by atoms with E-state index in [1.165, 1.54) is 29.2 Å². The van der Waals surface area contributed by atoms with Crippen LogP contribution in [0.3, 0.4) is 0 Å². The number of aryl methyl sites for hydroxylation is 1. The summed E-state index contributed by atoms with van der Waals surface area (Å²) in [5.74, 6) is -0.489. The molecule has 0 saturated heterocycles. The third-order valence-corrected chi connectivity index (χ3v) is 4.81. The number of carbonyl (C=O) groups excluding carboxylic acids is 1. The van der Waals surface area contributed by atoms with Crippen molar-refractivity contribution in [2.75, 3.05) is 6.54 Å². The molecule has 7 nitrogen and oxygen atoms in total. The van der Waals surface area contributed by atoms with E-state index in [0.717, 1.165) is 11.1 Å². The number of nitrogens with one attached hydrogen (secondary N) is 1. The van der Waals surface area contributed by atoms with Gasteiger partial charge in [-0.2, -0.15) is 5.10 Å². The lowest BCUT2D eigenvalue weighted by Crippen LogP contribution is -2.27. The first kappa shape index (κ1) is 19.5. The summed E-state index contributed by atoms with van der Waals surface area (Å²) in [5.41, 5.74) is 2.71. The van der Waals surface area contributed by atoms with E-state index >= 15 is 0 Å². The first-order chi connectivity index (χ1) is 14.5. The van der Waals surface area contributed by atoms with Crippen LogP contribution < -0.4 is 10.9 Å². The predicted octanol–water partition coefficient (Wildman–Crippen LogP) is 2.52. The summed E-state index contributed by atoms with van der Waals surface area (Å²) in [6, 6.07) is 13.3. The first-order valence-corrected chi connectivity index (χ1v) is 9.51. The molecule has 8 heteroatoms. The zero-order valence-electron chi connectivity index (χ0n) is 16.4. The van der Waals surface area contributed by atoms with Crippen molar-refractivity contribution in [1.82, 2.24) is 24.6 Å². The molecule has 30 heavy (non-hydrogen) atoms. The van der Waals surface area contributed by atoms with Crippen LogP contribution in [0.25, 0.3) is 11.0 Å². The maximum absolute atomic E-state index is 13.1. The minimum atomic E-state index is -0.324. The van der Waals surface area contributed by atoms with Gasteiger partial charge in [-0.25, -0.2) is 14.1 Å². The molecule has 2 aromatic heterocycles. The van der Waals surface area contributed by atoms with Crippen molar-refractivity contribution in [3.05, 3.63) is 93.9 Å². The van der Waals surface area contributed by atoms with Crippen molar-refractivity contribution in [3.8, 4) is 0 Å². The minimum absolute atomic E-state index is 0.166. The van der Waals surface area contributed by atoms with Gasteiger partial charge in [-0.05, 0) is 36.8 Å². The SMILES string of the molecule is Cc1ccc(C(=O)NCCn2ncc3c(=O)n(Cc4ccc(F)cc4)cnc32)cc1. The number of aromatic nitrogens is 4. The number of hydrogen-bond acceptors (Lipinski definition) is 4. The molecule has 0 atom stereocenters. The lowest BCUT2D eigenvalue weighted by Gasteiger charge is -2.08. The lowest BCUT2D eigenvalue weighted by atomic mass is 10.1. The summed E-state index contributed by atoms with van der Waals surface area (Å²) in [4.78, 5) is 29.3. The van der Waals surface area contributed by atoms with Gasteiger partial charge in [0.05, 0.1) is 19.3 Å². The zero-order chi connectivity index (χ0) is 21.1. The smallest absolute Gasteiger partial charge is 0.264 e. The molecule has 0 fully saturated rings. The molecular formula is C22H20FN5O2. The first-order valence-electron chi connectivity index (χ1n) is 9.51. The average Bonchev–Trinajstić information content (AvgIpc) is 3.16. The molecule has 2 aromatic carbocycles. The van der Waals surface area contributed by atoms with Crippen LogP contribution >= 0.6 is 0 Å². The van der Waals surface area contributed by atoms with Crippen LogP contribution in [0.2, 0.25) is 0 Å². The standard InChI is InChI=1S/C22H20FN5O2/c1-15-2-6-17(7-3-15)21(29)24-10-11-28-20-19(12-26-28)22(30)27(14-25-20)13-16-4-8-18(23)9-5-16/h2-9,12,14H,10-11,13H2,1H3,(H,24,29). The zero-order valence-corrected chi connectivity index (χ0v) is 16.4. The third kappa shape index (κ3) is 4.12. The number of amides is 1. The Balaban J connectivity index is 1.45. The van der Waals surface area contributed by atoms with E-state index in [-0.39, 0.29) is 17.3 Å². The molecule has 0 spiro atoms. The second-order valence-corrected chi connectivity index (χ2v) is 7.03. The predicted molar refractivity (Wildman–Crippen MR) is 111 cm³/mol. The lowest BCUT2D eigenvalue weighted by molar-refractivity contribution is 0.0952. The van der Waals surface area contributed by atoms with Crippen molar-refractivity contribution in [2.24, 2.45) is 0 Å². The van der Waals surface area contributed by atoms with Gasteiger partial charge in [0.15, 0.2) is 5.65 Å². The minimum Gasteiger partial charge on any atom is -0.350 e. The molecule has 4 aromatic rings. The van der Waals surface area contributed by atoms with Crippen LogP contribution in [0, 0.1) is 12.7 Å². The Morgan fingerprint density at radius 2 is 1.83 bits per heavy atom. The monoisotopic (exact) mass is 405 g/mol. The Bertz CT molecular complexity index is 1240. The summed E-state index contributed by atoms with van der Waals surface area (Å²) in [5, 5.41) is 7.47. The highest BCUT2D eigenvalue weighted by molar-refractivity contribution is 5.94. The van der Waals surface area contributed by atoms with Crippen LogP contribution in [-0.4, -0.2) is 31.8 Å². The van der Waals surface area contributed by atoms with Crippen molar-refractivity contribution in [2.45, 2.75) is 20.0 Å². The maximum atomic E-state index is 13.1. The Labute approximate surface area is 171 Å². The molecule has 2 heterocycles. The molecule has 0 radical (unpaired) electrons. The summed E-state index contributed by atoms with van der Waals surface area (Å²) < 4.78 is 16.1. The number of rotatable bonds is 6. The number of hydrogen-bond donors (Lipinski definition) is 1. The molecule has 0 saturated carbocycles. The second kappa shape index (κ2) is 8.28. The number of carbonyl (C=O) groups is 1. The quantitative estimate of drug-likeness (QED) is 0.534. The Morgan fingerprint density at radius 1 is 1.10 bits per heavy atom. The van der Waals surface area contributed by atoms with Crippen LogP contribution in [0.1, 0.15) is 21.5 Å². The molecular weight excluding hydrogens is 385 g/mol. The number of nitrogens with zero attached hydrogens (tertiary/aromatic N) is 4. The maximum Gasteiger partial charge on any atom is 0.264 e. The van der Waals surface area contributed by atoms with E-state index in [1.807, 2.05) is 19.1 Å². The number of fused-ring (bicyclic) bond motifs is 1. The molecule has 0 aliphatic heterocycles. The normalized spacial score (nSPS) is 11.0. The molecule has 0 aliphatic rings. The molecule has 0 aliphatic carbocycles. The van der Waals surface area contributed by atoms with Crippen LogP contribution in [0.5, 0.6) is 0 Å². The van der Waals surface area contributed by atoms with Gasteiger partial charge in [0.1, 0.15) is 17.5 Å². The fraction of sp³-hybridized carbons (Fsp3) is 0.182. The Hall–Kier alpha value is -3.81. The van der Waals surface area contributed by atoms with E-state index < -0.39 is 0 Å². The highest BCUT2D eigenvalue weighted by atomic mass is 19.1. The Kier molecular flexibility index (Phi) is 5.38. The van der Waals surface area contributed by atoms with Gasteiger partial charge < -0.3 is 5.32 Å². The van der Waals surface area contributed by atoms with E-state index in [2.05, 4.69) is 15.4 Å². The van der Waals surface area contributed by atoms with Crippen LogP contribution in [0.4, 0.5) is 4.39 Å². The van der Waals surface area contributed by atoms with E-state index in [0.29, 0.717) is 36.2 Å². The van der Waals surface area contributed by atoms with Gasteiger partial charge >= 0.3 is 0 Å². The summed E-state index contributed by atoms with van der Waals surface area (Å²) in [6.07, 6.45) is 2.94. The number of benzene rings is 2. The van der Waals surface area contributed by atoms with E-state index in [1.54, 1.807) is 28.9 Å². The number of halogens is 1. The van der Waals surface area contributed by atoms with E-state index in [9.17, 15) is 14.0 Å². The Morgan fingerprint density at radius 3 is 2.57 bits per heavy atom. The summed E-state index contributed by atoms with van der Waals surface area (Å²) in [6.45, 7) is 2.99. The molecule has 1 N–H and O–H groups in total. The molecule has 1 amide bonds. The van der Waals surface area contributed by atoms with Crippen molar-refractivity contribution in [1.29, 1.82) is 0 Å². The third-order valence-electron chi connectivity index (χ3n) is 4.81.